The number of aryl methyl sites for hydroxylation is 1. The smallest absolute Gasteiger partial charge is 0.340 e. The van der Waals surface area contributed by atoms with E-state index in [0.717, 1.165) is 21.3 Å². The maximum Gasteiger partial charge on any atom is 0.340 e. The highest BCUT2D eigenvalue weighted by Crippen LogP contribution is 2.26. The summed E-state index contributed by atoms with van der Waals surface area (Å²) in [5.41, 5.74) is 2.06. The van der Waals surface area contributed by atoms with E-state index in [4.69, 9.17) is 4.74 Å². The topological polar surface area (TPSA) is 60.3 Å². The van der Waals surface area contributed by atoms with Crippen LogP contribution in [-0.4, -0.2) is 23.1 Å². The lowest BCUT2D eigenvalue weighted by Gasteiger charge is -2.18. The van der Waals surface area contributed by atoms with Crippen LogP contribution in [0.3, 0.4) is 0 Å². The number of carbonyl (C=O) groups is 2. The molecule has 0 radical (unpaired) electrons. The van der Waals surface area contributed by atoms with Crippen molar-refractivity contribution >= 4 is 34.1 Å². The van der Waals surface area contributed by atoms with Crippen LogP contribution in [0.1, 0.15) is 26.8 Å². The van der Waals surface area contributed by atoms with Gasteiger partial charge in [0.05, 0.1) is 11.6 Å². The maximum absolute atomic E-state index is 13.3. The molecule has 0 bridgehead atoms. The fourth-order valence-electron chi connectivity index (χ4n) is 3.35. The van der Waals surface area contributed by atoms with Crippen molar-refractivity contribution in [2.24, 2.45) is 7.05 Å². The number of amides is 1. The Morgan fingerprint density at radius 2 is 1.87 bits per heavy atom. The molecule has 0 fully saturated rings. The number of ether oxygens (including phenoxy) is 1. The maximum atomic E-state index is 13.3. The average Bonchev–Trinajstić information content (AvgIpc) is 3.40. The Morgan fingerprint density at radius 3 is 2.60 bits per heavy atom. The molecule has 1 N–H and O–H groups in total. The van der Waals surface area contributed by atoms with Gasteiger partial charge in [0.25, 0.3) is 5.91 Å². The van der Waals surface area contributed by atoms with Gasteiger partial charge in [0, 0.05) is 29.0 Å². The van der Waals surface area contributed by atoms with Gasteiger partial charge in [-0.25, -0.2) is 9.18 Å². The molecule has 0 saturated heterocycles. The van der Waals surface area contributed by atoms with Gasteiger partial charge < -0.3 is 14.6 Å². The number of nitrogens with one attached hydrogen (secondary N) is 1. The van der Waals surface area contributed by atoms with E-state index >= 15 is 0 Å². The van der Waals surface area contributed by atoms with Crippen molar-refractivity contribution in [3.05, 3.63) is 94.1 Å². The van der Waals surface area contributed by atoms with Gasteiger partial charge in [-0.15, -0.1) is 11.3 Å². The minimum absolute atomic E-state index is 0.348. The van der Waals surface area contributed by atoms with Gasteiger partial charge in [-0.2, -0.15) is 0 Å². The third-order valence-electron chi connectivity index (χ3n) is 4.79. The monoisotopic (exact) mass is 422 g/mol. The van der Waals surface area contributed by atoms with Crippen molar-refractivity contribution in [1.82, 2.24) is 9.88 Å². The Morgan fingerprint density at radius 1 is 1.10 bits per heavy atom. The van der Waals surface area contributed by atoms with Crippen LogP contribution >= 0.6 is 11.3 Å². The summed E-state index contributed by atoms with van der Waals surface area (Å²) in [5, 5.41) is 5.54. The first kappa shape index (κ1) is 19.8. The number of carbonyl (C=O) groups excluding carboxylic acids is 2. The second-order valence-electron chi connectivity index (χ2n) is 6.81. The molecule has 0 aliphatic rings. The SMILES string of the molecule is Cn1cc(C(=O)OCC(=O)NC(c2ccc(F)cc2)c2cccs2)c2ccccc21. The molecule has 5 nitrogen and oxygen atoms in total. The molecule has 152 valence electrons. The van der Waals surface area contributed by atoms with E-state index in [9.17, 15) is 14.0 Å². The lowest BCUT2D eigenvalue weighted by molar-refractivity contribution is -0.124. The van der Waals surface area contributed by atoms with Crippen molar-refractivity contribution in [3.8, 4) is 0 Å². The highest BCUT2D eigenvalue weighted by Gasteiger charge is 2.20. The minimum Gasteiger partial charge on any atom is -0.452 e. The number of thiophene rings is 1. The van der Waals surface area contributed by atoms with Gasteiger partial charge >= 0.3 is 5.97 Å². The zero-order valence-corrected chi connectivity index (χ0v) is 17.0. The molecule has 1 atom stereocenters. The Bertz CT molecular complexity index is 1180. The van der Waals surface area contributed by atoms with E-state index in [-0.39, 0.29) is 5.82 Å². The molecule has 30 heavy (non-hydrogen) atoms. The van der Waals surface area contributed by atoms with Crippen molar-refractivity contribution in [3.63, 3.8) is 0 Å². The summed E-state index contributed by atoms with van der Waals surface area (Å²) >= 11 is 1.48. The number of benzene rings is 2. The number of nitrogens with zero attached hydrogens (tertiary/aromatic N) is 1. The quantitative estimate of drug-likeness (QED) is 0.467. The van der Waals surface area contributed by atoms with Gasteiger partial charge in [0.15, 0.2) is 6.61 Å². The number of para-hydroxylation sites is 1. The predicted octanol–water partition coefficient (Wildman–Crippen LogP) is 4.44. The van der Waals surface area contributed by atoms with Gasteiger partial charge in [0.1, 0.15) is 5.82 Å². The van der Waals surface area contributed by atoms with Crippen molar-refractivity contribution in [2.45, 2.75) is 6.04 Å². The standard InChI is InChI=1S/C23H19FN2O3S/c1-26-13-18(17-5-2-3-6-19(17)26)23(28)29-14-21(27)25-22(20-7-4-12-30-20)15-8-10-16(24)11-9-15/h2-13,22H,14H2,1H3,(H,25,27). The summed E-state index contributed by atoms with van der Waals surface area (Å²) in [5.74, 6) is -1.35. The zero-order chi connectivity index (χ0) is 21.1. The first-order chi connectivity index (χ1) is 14.5. The van der Waals surface area contributed by atoms with Crippen LogP contribution in [0, 0.1) is 5.82 Å². The molecule has 2 aromatic heterocycles. The fourth-order valence-corrected chi connectivity index (χ4v) is 4.15. The van der Waals surface area contributed by atoms with Crippen molar-refractivity contribution in [2.75, 3.05) is 6.61 Å². The van der Waals surface area contributed by atoms with Crippen molar-refractivity contribution in [1.29, 1.82) is 0 Å². The van der Waals surface area contributed by atoms with E-state index in [1.54, 1.807) is 18.3 Å². The van der Waals surface area contributed by atoms with Crippen LogP contribution in [0.2, 0.25) is 0 Å². The summed E-state index contributed by atoms with van der Waals surface area (Å²) in [6.07, 6.45) is 1.69. The summed E-state index contributed by atoms with van der Waals surface area (Å²) in [6, 6.07) is 16.8. The number of rotatable bonds is 6. The lowest BCUT2D eigenvalue weighted by atomic mass is 10.1. The lowest BCUT2D eigenvalue weighted by Crippen LogP contribution is -2.32. The van der Waals surface area contributed by atoms with Gasteiger partial charge in [0.2, 0.25) is 0 Å². The molecule has 0 aliphatic heterocycles. The Balaban J connectivity index is 1.46. The number of esters is 1. The highest BCUT2D eigenvalue weighted by atomic mass is 32.1. The van der Waals surface area contributed by atoms with Gasteiger partial charge in [-0.3, -0.25) is 4.79 Å². The predicted molar refractivity (Wildman–Crippen MR) is 114 cm³/mol. The Kier molecular flexibility index (Phi) is 5.63. The van der Waals surface area contributed by atoms with Gasteiger partial charge in [-0.05, 0) is 35.2 Å². The molecule has 7 heteroatoms. The second-order valence-corrected chi connectivity index (χ2v) is 7.79. The molecule has 4 rings (SSSR count). The number of fused-ring (bicyclic) bond motifs is 1. The van der Waals surface area contributed by atoms with Crippen molar-refractivity contribution < 1.29 is 18.7 Å². The summed E-state index contributed by atoms with van der Waals surface area (Å²) in [4.78, 5) is 26.0. The van der Waals surface area contributed by atoms with E-state index in [1.165, 1.54) is 23.5 Å². The highest BCUT2D eigenvalue weighted by molar-refractivity contribution is 7.10. The molecule has 1 amide bonds. The van der Waals surface area contributed by atoms with Crippen LogP contribution in [0.4, 0.5) is 4.39 Å². The van der Waals surface area contributed by atoms with Crippen LogP contribution in [0.15, 0.2) is 72.2 Å². The largest absolute Gasteiger partial charge is 0.452 e. The van der Waals surface area contributed by atoms with Gasteiger partial charge in [-0.1, -0.05) is 36.4 Å². The van der Waals surface area contributed by atoms with E-state index in [2.05, 4.69) is 5.32 Å². The third kappa shape index (κ3) is 4.11. The van der Waals surface area contributed by atoms with Crippen LogP contribution in [0.5, 0.6) is 0 Å². The average molecular weight is 422 g/mol. The molecule has 0 saturated carbocycles. The first-order valence-electron chi connectivity index (χ1n) is 9.32. The van der Waals surface area contributed by atoms with Crippen LogP contribution in [-0.2, 0) is 16.6 Å². The minimum atomic E-state index is -0.559. The zero-order valence-electron chi connectivity index (χ0n) is 16.2. The van der Waals surface area contributed by atoms with Crippen LogP contribution < -0.4 is 5.32 Å². The molecule has 0 aliphatic carbocycles. The van der Waals surface area contributed by atoms with E-state index < -0.39 is 24.5 Å². The Labute approximate surface area is 176 Å². The Hall–Kier alpha value is -3.45. The van der Waals surface area contributed by atoms with E-state index in [0.29, 0.717) is 5.56 Å². The molecular weight excluding hydrogens is 403 g/mol. The number of aromatic nitrogens is 1. The molecule has 4 aromatic rings. The summed E-state index contributed by atoms with van der Waals surface area (Å²) < 4.78 is 20.4. The summed E-state index contributed by atoms with van der Waals surface area (Å²) in [6.45, 7) is -0.412. The summed E-state index contributed by atoms with van der Waals surface area (Å²) in [7, 11) is 1.85. The number of hydrogen-bond donors (Lipinski definition) is 1. The first-order valence-corrected chi connectivity index (χ1v) is 10.2. The fraction of sp³-hybridized carbons (Fsp3) is 0.130. The number of hydrogen-bond acceptors (Lipinski definition) is 4. The third-order valence-corrected chi connectivity index (χ3v) is 5.72. The molecular formula is C23H19FN2O3S. The normalized spacial score (nSPS) is 11.9. The molecule has 0 spiro atoms. The second kappa shape index (κ2) is 8.51. The molecule has 2 heterocycles. The molecule has 1 unspecified atom stereocenters. The molecule has 2 aromatic carbocycles. The van der Waals surface area contributed by atoms with Crippen LogP contribution in [0.25, 0.3) is 10.9 Å². The number of halogens is 1. The van der Waals surface area contributed by atoms with E-state index in [1.807, 2.05) is 53.4 Å².